The Morgan fingerprint density at radius 2 is 1.32 bits per heavy atom. The largest absolute Gasteiger partial charge is 0.502 e. The van der Waals surface area contributed by atoms with E-state index in [0.29, 0.717) is 28.4 Å². The number of rotatable bonds is 9. The molecule has 0 fully saturated rings. The topological polar surface area (TPSA) is 101 Å². The van der Waals surface area contributed by atoms with Crippen molar-refractivity contribution < 1.29 is 36.7 Å². The van der Waals surface area contributed by atoms with Crippen molar-refractivity contribution in [3.63, 3.8) is 0 Å². The summed E-state index contributed by atoms with van der Waals surface area (Å²) in [4.78, 5) is -0.0418. The highest BCUT2D eigenvalue weighted by atomic mass is 32.2. The van der Waals surface area contributed by atoms with E-state index in [1.165, 1.54) is 46.6 Å². The average molecular weight is 487 g/mol. The molecule has 0 heterocycles. The van der Waals surface area contributed by atoms with E-state index in [9.17, 15) is 13.5 Å². The summed E-state index contributed by atoms with van der Waals surface area (Å²) in [6, 6.07) is 12.7. The molecule has 3 aromatic rings. The Morgan fingerprint density at radius 3 is 1.85 bits per heavy atom. The Labute approximate surface area is 199 Å². The standard InChI is InChI=1S/C25H26O8S/c1-16-6-11-19(12-7-16)34(27,28)33-24-18(10-13-20(29-2)23(24)26)9-8-17-14-21(30-3)25(32-5)22(15-17)31-4/h6-15,26H,1-5H3/b9-8-. The second-order valence-electron chi connectivity index (χ2n) is 7.18. The highest BCUT2D eigenvalue weighted by molar-refractivity contribution is 7.87. The van der Waals surface area contributed by atoms with Crippen LogP contribution in [0.3, 0.4) is 0 Å². The fraction of sp³-hybridized carbons (Fsp3) is 0.200. The minimum Gasteiger partial charge on any atom is -0.502 e. The van der Waals surface area contributed by atoms with Gasteiger partial charge in [-0.1, -0.05) is 29.8 Å². The molecule has 0 unspecified atom stereocenters. The van der Waals surface area contributed by atoms with Gasteiger partial charge in [0.2, 0.25) is 11.5 Å². The molecular weight excluding hydrogens is 460 g/mol. The quantitative estimate of drug-likeness (QED) is 0.344. The Hall–Kier alpha value is -3.85. The zero-order valence-electron chi connectivity index (χ0n) is 19.5. The van der Waals surface area contributed by atoms with Crippen molar-refractivity contribution in [2.75, 3.05) is 28.4 Å². The molecule has 1 N–H and O–H groups in total. The molecule has 0 spiro atoms. The van der Waals surface area contributed by atoms with Crippen molar-refractivity contribution in [2.45, 2.75) is 11.8 Å². The summed E-state index contributed by atoms with van der Waals surface area (Å²) in [5, 5.41) is 10.6. The maximum absolute atomic E-state index is 12.9. The predicted octanol–water partition coefficient (Wildman–Crippen LogP) is 4.67. The van der Waals surface area contributed by atoms with Crippen molar-refractivity contribution in [3.05, 3.63) is 65.2 Å². The second-order valence-corrected chi connectivity index (χ2v) is 8.72. The van der Waals surface area contributed by atoms with Gasteiger partial charge in [-0.3, -0.25) is 0 Å². The molecule has 180 valence electrons. The van der Waals surface area contributed by atoms with Crippen molar-refractivity contribution in [2.24, 2.45) is 0 Å². The van der Waals surface area contributed by atoms with Crippen LogP contribution in [0.1, 0.15) is 16.7 Å². The Morgan fingerprint density at radius 1 is 0.735 bits per heavy atom. The van der Waals surface area contributed by atoms with Gasteiger partial charge in [0.05, 0.1) is 28.4 Å². The zero-order valence-corrected chi connectivity index (χ0v) is 20.3. The highest BCUT2D eigenvalue weighted by Gasteiger charge is 2.23. The van der Waals surface area contributed by atoms with Gasteiger partial charge in [0.15, 0.2) is 23.0 Å². The summed E-state index contributed by atoms with van der Waals surface area (Å²) < 4.78 is 52.3. The van der Waals surface area contributed by atoms with Gasteiger partial charge in [0.25, 0.3) is 0 Å². The Kier molecular flexibility index (Phi) is 7.57. The Balaban J connectivity index is 2.05. The van der Waals surface area contributed by atoms with E-state index in [2.05, 4.69) is 0 Å². The van der Waals surface area contributed by atoms with Crippen LogP contribution in [-0.2, 0) is 10.1 Å². The van der Waals surface area contributed by atoms with Crippen molar-refractivity contribution in [1.82, 2.24) is 0 Å². The maximum Gasteiger partial charge on any atom is 0.339 e. The molecule has 34 heavy (non-hydrogen) atoms. The molecule has 3 rings (SSSR count). The van der Waals surface area contributed by atoms with E-state index in [0.717, 1.165) is 5.56 Å². The minimum absolute atomic E-state index is 0.0418. The van der Waals surface area contributed by atoms with E-state index in [4.69, 9.17) is 23.1 Å². The van der Waals surface area contributed by atoms with Gasteiger partial charge in [-0.05, 0) is 48.9 Å². The van der Waals surface area contributed by atoms with Crippen LogP contribution >= 0.6 is 0 Å². The number of benzene rings is 3. The van der Waals surface area contributed by atoms with Gasteiger partial charge < -0.3 is 28.2 Å². The fourth-order valence-electron chi connectivity index (χ4n) is 3.20. The molecule has 0 aliphatic rings. The van der Waals surface area contributed by atoms with Gasteiger partial charge in [-0.15, -0.1) is 0 Å². The van der Waals surface area contributed by atoms with Crippen LogP contribution in [0.25, 0.3) is 12.2 Å². The third-order valence-electron chi connectivity index (χ3n) is 4.99. The summed E-state index contributed by atoms with van der Waals surface area (Å²) in [6.07, 6.45) is 3.29. The van der Waals surface area contributed by atoms with Crippen LogP contribution in [-0.4, -0.2) is 42.0 Å². The van der Waals surface area contributed by atoms with Gasteiger partial charge in [-0.25, -0.2) is 0 Å². The van der Waals surface area contributed by atoms with E-state index < -0.39 is 15.9 Å². The number of methoxy groups -OCH3 is 4. The fourth-order valence-corrected chi connectivity index (χ4v) is 4.16. The number of phenolic OH excluding ortho intramolecular Hbond substituents is 1. The number of hydrogen-bond donors (Lipinski definition) is 1. The lowest BCUT2D eigenvalue weighted by molar-refractivity contribution is 0.324. The van der Waals surface area contributed by atoms with Crippen LogP contribution in [0, 0.1) is 6.92 Å². The lowest BCUT2D eigenvalue weighted by Crippen LogP contribution is -2.11. The third kappa shape index (κ3) is 5.20. The van der Waals surface area contributed by atoms with E-state index >= 15 is 0 Å². The molecule has 0 saturated heterocycles. The number of phenols is 1. The third-order valence-corrected chi connectivity index (χ3v) is 6.23. The average Bonchev–Trinajstić information content (AvgIpc) is 2.83. The summed E-state index contributed by atoms with van der Waals surface area (Å²) >= 11 is 0. The molecule has 0 amide bonds. The smallest absolute Gasteiger partial charge is 0.339 e. The molecular formula is C25H26O8S. The van der Waals surface area contributed by atoms with Gasteiger partial charge >= 0.3 is 10.1 Å². The molecule has 0 aliphatic heterocycles. The molecule has 9 heteroatoms. The number of aryl methyl sites for hydroxylation is 1. The number of aromatic hydroxyl groups is 1. The van der Waals surface area contributed by atoms with Crippen LogP contribution in [0.4, 0.5) is 0 Å². The lowest BCUT2D eigenvalue weighted by Gasteiger charge is -2.14. The first-order valence-corrected chi connectivity index (χ1v) is 11.5. The lowest BCUT2D eigenvalue weighted by atomic mass is 10.1. The second kappa shape index (κ2) is 10.4. The normalized spacial score (nSPS) is 11.3. The van der Waals surface area contributed by atoms with Crippen molar-refractivity contribution >= 4 is 22.3 Å². The van der Waals surface area contributed by atoms with Crippen molar-refractivity contribution in [1.29, 1.82) is 0 Å². The number of hydrogen-bond acceptors (Lipinski definition) is 8. The summed E-state index contributed by atoms with van der Waals surface area (Å²) in [7, 11) is 1.66. The van der Waals surface area contributed by atoms with Crippen LogP contribution in [0.15, 0.2) is 53.4 Å². The first-order valence-electron chi connectivity index (χ1n) is 10.1. The zero-order chi connectivity index (χ0) is 24.9. The van der Waals surface area contributed by atoms with E-state index in [-0.39, 0.29) is 16.4 Å². The van der Waals surface area contributed by atoms with Gasteiger partial charge in [-0.2, -0.15) is 8.42 Å². The number of ether oxygens (including phenoxy) is 4. The molecule has 0 saturated carbocycles. The first-order chi connectivity index (χ1) is 16.2. The SMILES string of the molecule is COc1ccc(/C=C\c2cc(OC)c(OC)c(OC)c2)c(OS(=O)(=O)c2ccc(C)cc2)c1O. The molecule has 0 aromatic heterocycles. The molecule has 0 bridgehead atoms. The summed E-state index contributed by atoms with van der Waals surface area (Å²) in [5.74, 6) is 0.723. The van der Waals surface area contributed by atoms with Crippen LogP contribution < -0.4 is 23.1 Å². The summed E-state index contributed by atoms with van der Waals surface area (Å²) in [5.41, 5.74) is 1.89. The Bertz CT molecular complexity index is 1270. The maximum atomic E-state index is 12.9. The molecule has 0 radical (unpaired) electrons. The van der Waals surface area contributed by atoms with Crippen LogP contribution in [0.2, 0.25) is 0 Å². The first kappa shape index (κ1) is 24.8. The predicted molar refractivity (Wildman–Crippen MR) is 129 cm³/mol. The highest BCUT2D eigenvalue weighted by Crippen LogP contribution is 2.42. The molecule has 8 nitrogen and oxygen atoms in total. The molecule has 0 aliphatic carbocycles. The van der Waals surface area contributed by atoms with Crippen LogP contribution in [0.5, 0.6) is 34.5 Å². The molecule has 0 atom stereocenters. The minimum atomic E-state index is -4.22. The van der Waals surface area contributed by atoms with Gasteiger partial charge in [0.1, 0.15) is 4.90 Å². The monoisotopic (exact) mass is 486 g/mol. The van der Waals surface area contributed by atoms with Crippen molar-refractivity contribution in [3.8, 4) is 34.5 Å². The van der Waals surface area contributed by atoms with E-state index in [1.807, 2.05) is 6.92 Å². The summed E-state index contributed by atoms with van der Waals surface area (Å²) in [6.45, 7) is 1.84. The van der Waals surface area contributed by atoms with E-state index in [1.54, 1.807) is 42.5 Å². The molecule has 3 aromatic carbocycles. The van der Waals surface area contributed by atoms with Gasteiger partial charge in [0, 0.05) is 5.56 Å².